The van der Waals surface area contributed by atoms with Crippen LogP contribution in [-0.4, -0.2) is 58.0 Å². The molecule has 28 heavy (non-hydrogen) atoms. The Morgan fingerprint density at radius 3 is 2.82 bits per heavy atom. The summed E-state index contributed by atoms with van der Waals surface area (Å²) in [6, 6.07) is 5.74. The standard InChI is InChI=1S/C20H26N6O2/c1-25-19-15(14-22-25)13-21-20(24-19)23-16-6-7-17(27-2)18(12-16)28-11-5-10-26-8-3-4-9-26/h6-7,12-14H,3-5,8-11H2,1-2H3,(H,21,23,24). The predicted octanol–water partition coefficient (Wildman–Crippen LogP) is 2.98. The first-order valence-electron chi connectivity index (χ1n) is 9.68. The number of hydrogen-bond donors (Lipinski definition) is 1. The fourth-order valence-electron chi connectivity index (χ4n) is 3.47. The molecule has 3 heterocycles. The smallest absolute Gasteiger partial charge is 0.229 e. The summed E-state index contributed by atoms with van der Waals surface area (Å²) in [5, 5.41) is 8.34. The van der Waals surface area contributed by atoms with Gasteiger partial charge in [-0.2, -0.15) is 10.1 Å². The third kappa shape index (κ3) is 4.17. The molecule has 0 spiro atoms. The van der Waals surface area contributed by atoms with E-state index in [4.69, 9.17) is 9.47 Å². The summed E-state index contributed by atoms with van der Waals surface area (Å²) in [5.41, 5.74) is 1.63. The first kappa shape index (κ1) is 18.5. The molecule has 0 aliphatic carbocycles. The molecule has 1 fully saturated rings. The Morgan fingerprint density at radius 1 is 1.14 bits per heavy atom. The Hall–Kier alpha value is -2.87. The zero-order valence-corrected chi connectivity index (χ0v) is 16.4. The molecule has 1 aromatic carbocycles. The van der Waals surface area contributed by atoms with Crippen LogP contribution in [0.2, 0.25) is 0 Å². The molecule has 3 aromatic rings. The lowest BCUT2D eigenvalue weighted by Crippen LogP contribution is -2.21. The first-order chi connectivity index (χ1) is 13.7. The highest BCUT2D eigenvalue weighted by Gasteiger charge is 2.12. The normalized spacial score (nSPS) is 14.5. The van der Waals surface area contributed by atoms with Crippen molar-refractivity contribution in [2.45, 2.75) is 19.3 Å². The largest absolute Gasteiger partial charge is 0.493 e. The van der Waals surface area contributed by atoms with Crippen molar-refractivity contribution in [3.05, 3.63) is 30.6 Å². The summed E-state index contributed by atoms with van der Waals surface area (Å²) in [6.45, 7) is 4.17. The van der Waals surface area contributed by atoms with Gasteiger partial charge in [0, 0.05) is 31.5 Å². The van der Waals surface area contributed by atoms with Crippen molar-refractivity contribution >= 4 is 22.7 Å². The van der Waals surface area contributed by atoms with E-state index in [-0.39, 0.29) is 0 Å². The van der Waals surface area contributed by atoms with Crippen LogP contribution in [0.15, 0.2) is 30.6 Å². The van der Waals surface area contributed by atoms with E-state index < -0.39 is 0 Å². The van der Waals surface area contributed by atoms with Gasteiger partial charge in [-0.1, -0.05) is 0 Å². The Morgan fingerprint density at radius 2 is 2.00 bits per heavy atom. The van der Waals surface area contributed by atoms with Crippen molar-refractivity contribution < 1.29 is 9.47 Å². The lowest BCUT2D eigenvalue weighted by Gasteiger charge is -2.16. The van der Waals surface area contributed by atoms with Gasteiger partial charge in [-0.05, 0) is 44.5 Å². The van der Waals surface area contributed by atoms with Gasteiger partial charge in [0.15, 0.2) is 17.1 Å². The van der Waals surface area contributed by atoms with E-state index in [0.717, 1.165) is 41.2 Å². The third-order valence-electron chi connectivity index (χ3n) is 4.97. The van der Waals surface area contributed by atoms with Gasteiger partial charge in [0.2, 0.25) is 5.95 Å². The zero-order valence-electron chi connectivity index (χ0n) is 16.4. The number of aromatic nitrogens is 4. The van der Waals surface area contributed by atoms with E-state index in [1.165, 1.54) is 25.9 Å². The molecular formula is C20H26N6O2. The highest BCUT2D eigenvalue weighted by atomic mass is 16.5. The summed E-state index contributed by atoms with van der Waals surface area (Å²) in [5.74, 6) is 1.95. The average Bonchev–Trinajstić information content (AvgIpc) is 3.36. The number of aryl methyl sites for hydroxylation is 1. The summed E-state index contributed by atoms with van der Waals surface area (Å²) >= 11 is 0. The number of fused-ring (bicyclic) bond motifs is 1. The highest BCUT2D eigenvalue weighted by molar-refractivity contribution is 5.75. The van der Waals surface area contributed by atoms with Crippen LogP contribution in [0.25, 0.3) is 11.0 Å². The number of nitrogens with one attached hydrogen (secondary N) is 1. The van der Waals surface area contributed by atoms with Gasteiger partial charge in [0.05, 0.1) is 25.3 Å². The van der Waals surface area contributed by atoms with E-state index in [1.807, 2.05) is 25.2 Å². The van der Waals surface area contributed by atoms with Gasteiger partial charge < -0.3 is 19.7 Å². The lowest BCUT2D eigenvalue weighted by molar-refractivity contribution is 0.254. The van der Waals surface area contributed by atoms with Crippen LogP contribution in [0, 0.1) is 0 Å². The third-order valence-corrected chi connectivity index (χ3v) is 4.97. The van der Waals surface area contributed by atoms with Gasteiger partial charge in [0.25, 0.3) is 0 Å². The molecule has 2 aromatic heterocycles. The number of hydrogen-bond acceptors (Lipinski definition) is 7. The van der Waals surface area contributed by atoms with E-state index in [0.29, 0.717) is 12.6 Å². The van der Waals surface area contributed by atoms with Crippen molar-refractivity contribution in [1.29, 1.82) is 0 Å². The number of benzene rings is 1. The summed E-state index contributed by atoms with van der Waals surface area (Å²) in [6.07, 6.45) is 7.14. The summed E-state index contributed by atoms with van der Waals surface area (Å²) < 4.78 is 13.2. The fraction of sp³-hybridized carbons (Fsp3) is 0.450. The van der Waals surface area contributed by atoms with E-state index >= 15 is 0 Å². The van der Waals surface area contributed by atoms with Crippen LogP contribution in [0.4, 0.5) is 11.6 Å². The summed E-state index contributed by atoms with van der Waals surface area (Å²) in [7, 11) is 3.51. The highest BCUT2D eigenvalue weighted by Crippen LogP contribution is 2.31. The van der Waals surface area contributed by atoms with Crippen molar-refractivity contribution in [2.75, 3.05) is 38.7 Å². The Kier molecular flexibility index (Phi) is 5.57. The number of nitrogens with zero attached hydrogens (tertiary/aromatic N) is 5. The Bertz CT molecular complexity index is 936. The predicted molar refractivity (Wildman–Crippen MR) is 108 cm³/mol. The second-order valence-electron chi connectivity index (χ2n) is 6.98. The molecule has 0 atom stereocenters. The van der Waals surface area contributed by atoms with Crippen LogP contribution in [0.3, 0.4) is 0 Å². The van der Waals surface area contributed by atoms with Crippen molar-refractivity contribution in [3.63, 3.8) is 0 Å². The van der Waals surface area contributed by atoms with Gasteiger partial charge in [0.1, 0.15) is 0 Å². The van der Waals surface area contributed by atoms with Crippen LogP contribution < -0.4 is 14.8 Å². The lowest BCUT2D eigenvalue weighted by atomic mass is 10.2. The molecule has 1 aliphatic heterocycles. The van der Waals surface area contributed by atoms with Crippen LogP contribution >= 0.6 is 0 Å². The number of anilines is 2. The minimum atomic E-state index is 0.515. The van der Waals surface area contributed by atoms with Crippen molar-refractivity contribution in [2.24, 2.45) is 7.05 Å². The fourth-order valence-corrected chi connectivity index (χ4v) is 3.47. The molecule has 1 saturated heterocycles. The van der Waals surface area contributed by atoms with Crippen molar-refractivity contribution in [1.82, 2.24) is 24.6 Å². The first-order valence-corrected chi connectivity index (χ1v) is 9.68. The molecule has 0 unspecified atom stereocenters. The maximum absolute atomic E-state index is 6.00. The number of likely N-dealkylation sites (tertiary alicyclic amines) is 1. The molecule has 1 N–H and O–H groups in total. The topological polar surface area (TPSA) is 77.3 Å². The van der Waals surface area contributed by atoms with Gasteiger partial charge in [-0.25, -0.2) is 4.98 Å². The molecular weight excluding hydrogens is 356 g/mol. The zero-order chi connectivity index (χ0) is 19.3. The van der Waals surface area contributed by atoms with Gasteiger partial charge in [-0.3, -0.25) is 4.68 Å². The number of methoxy groups -OCH3 is 1. The van der Waals surface area contributed by atoms with Crippen LogP contribution in [0.5, 0.6) is 11.5 Å². The SMILES string of the molecule is COc1ccc(Nc2ncc3cnn(C)c3n2)cc1OCCCN1CCCC1. The summed E-state index contributed by atoms with van der Waals surface area (Å²) in [4.78, 5) is 11.4. The molecule has 0 amide bonds. The van der Waals surface area contributed by atoms with Crippen molar-refractivity contribution in [3.8, 4) is 11.5 Å². The van der Waals surface area contributed by atoms with E-state index in [2.05, 4.69) is 25.3 Å². The monoisotopic (exact) mass is 382 g/mol. The number of rotatable bonds is 8. The second-order valence-corrected chi connectivity index (χ2v) is 6.98. The van der Waals surface area contributed by atoms with Crippen LogP contribution in [-0.2, 0) is 7.05 Å². The van der Waals surface area contributed by atoms with E-state index in [9.17, 15) is 0 Å². The molecule has 1 aliphatic rings. The maximum atomic E-state index is 6.00. The minimum absolute atomic E-state index is 0.515. The Labute approximate surface area is 164 Å². The quantitative estimate of drug-likeness (QED) is 0.600. The molecule has 0 saturated carbocycles. The molecule has 0 bridgehead atoms. The molecule has 4 rings (SSSR count). The maximum Gasteiger partial charge on any atom is 0.229 e. The molecule has 8 nitrogen and oxygen atoms in total. The Balaban J connectivity index is 1.42. The van der Waals surface area contributed by atoms with Gasteiger partial charge >= 0.3 is 0 Å². The molecule has 8 heteroatoms. The van der Waals surface area contributed by atoms with E-state index in [1.54, 1.807) is 24.2 Å². The van der Waals surface area contributed by atoms with Gasteiger partial charge in [-0.15, -0.1) is 0 Å². The second kappa shape index (κ2) is 8.43. The molecule has 0 radical (unpaired) electrons. The average molecular weight is 382 g/mol. The minimum Gasteiger partial charge on any atom is -0.493 e. The van der Waals surface area contributed by atoms with Crippen LogP contribution in [0.1, 0.15) is 19.3 Å². The molecule has 148 valence electrons. The number of ether oxygens (including phenoxy) is 2.